The van der Waals surface area contributed by atoms with Crippen molar-refractivity contribution >= 4 is 0 Å². The van der Waals surface area contributed by atoms with Crippen LogP contribution in [0.2, 0.25) is 0 Å². The van der Waals surface area contributed by atoms with Crippen LogP contribution in [0.3, 0.4) is 0 Å². The summed E-state index contributed by atoms with van der Waals surface area (Å²) in [4.78, 5) is 2.42. The lowest BCUT2D eigenvalue weighted by molar-refractivity contribution is -0.0909. The average Bonchev–Trinajstić information content (AvgIpc) is 2.03. The van der Waals surface area contributed by atoms with Crippen molar-refractivity contribution in [3.05, 3.63) is 0 Å². The third-order valence-electron chi connectivity index (χ3n) is 2.62. The van der Waals surface area contributed by atoms with Gasteiger partial charge in [-0.2, -0.15) is 0 Å². The van der Waals surface area contributed by atoms with Gasteiger partial charge in [0.1, 0.15) is 6.23 Å². The summed E-state index contributed by atoms with van der Waals surface area (Å²) >= 11 is 0. The average molecular weight is 172 g/mol. The predicted molar refractivity (Wildman–Crippen MR) is 44.7 cm³/mol. The highest BCUT2D eigenvalue weighted by atomic mass is 16.5. The van der Waals surface area contributed by atoms with Crippen LogP contribution in [-0.2, 0) is 9.47 Å². The molecule has 2 heterocycles. The standard InChI is InChI=1S/C8H16N2O2/c1-11-8-2-3-10(6-9-8)7-4-12-5-7/h7-9H,2-6H2,1H3. The topological polar surface area (TPSA) is 33.7 Å². The van der Waals surface area contributed by atoms with Crippen LogP contribution in [0.5, 0.6) is 0 Å². The van der Waals surface area contributed by atoms with Gasteiger partial charge in [-0.3, -0.25) is 10.2 Å². The van der Waals surface area contributed by atoms with E-state index in [1.807, 2.05) is 0 Å². The van der Waals surface area contributed by atoms with Crippen molar-refractivity contribution in [1.29, 1.82) is 0 Å². The smallest absolute Gasteiger partial charge is 0.109 e. The number of methoxy groups -OCH3 is 1. The molecule has 0 bridgehead atoms. The molecule has 1 N–H and O–H groups in total. The maximum Gasteiger partial charge on any atom is 0.109 e. The van der Waals surface area contributed by atoms with Gasteiger partial charge in [0, 0.05) is 13.7 Å². The molecule has 0 aliphatic carbocycles. The van der Waals surface area contributed by atoms with Crippen LogP contribution < -0.4 is 5.32 Å². The molecule has 0 aromatic carbocycles. The van der Waals surface area contributed by atoms with Crippen molar-refractivity contribution in [3.63, 3.8) is 0 Å². The first kappa shape index (κ1) is 8.44. The molecular weight excluding hydrogens is 156 g/mol. The molecule has 2 aliphatic heterocycles. The Morgan fingerprint density at radius 1 is 1.50 bits per heavy atom. The van der Waals surface area contributed by atoms with E-state index in [2.05, 4.69) is 10.2 Å². The van der Waals surface area contributed by atoms with E-state index < -0.39 is 0 Å². The van der Waals surface area contributed by atoms with Crippen molar-refractivity contribution in [2.45, 2.75) is 18.7 Å². The minimum absolute atomic E-state index is 0.252. The largest absolute Gasteiger partial charge is 0.378 e. The highest BCUT2D eigenvalue weighted by Gasteiger charge is 2.28. The molecule has 2 aliphatic rings. The number of nitrogens with zero attached hydrogens (tertiary/aromatic N) is 1. The van der Waals surface area contributed by atoms with Gasteiger partial charge in [0.2, 0.25) is 0 Å². The number of nitrogens with one attached hydrogen (secondary N) is 1. The Balaban J connectivity index is 1.74. The van der Waals surface area contributed by atoms with Gasteiger partial charge in [0.05, 0.1) is 25.9 Å². The fourth-order valence-corrected chi connectivity index (χ4v) is 1.63. The first-order valence-corrected chi connectivity index (χ1v) is 4.48. The van der Waals surface area contributed by atoms with Crippen LogP contribution in [0.1, 0.15) is 6.42 Å². The number of hydrogen-bond donors (Lipinski definition) is 1. The van der Waals surface area contributed by atoms with Gasteiger partial charge in [0.25, 0.3) is 0 Å². The highest BCUT2D eigenvalue weighted by molar-refractivity contribution is 4.80. The first-order chi connectivity index (χ1) is 5.90. The predicted octanol–water partition coefficient (Wildman–Crippen LogP) is -0.389. The van der Waals surface area contributed by atoms with Gasteiger partial charge in [-0.05, 0) is 6.42 Å². The molecule has 0 spiro atoms. The molecule has 0 aromatic rings. The number of hydrogen-bond acceptors (Lipinski definition) is 4. The van der Waals surface area contributed by atoms with Crippen molar-refractivity contribution in [1.82, 2.24) is 10.2 Å². The van der Waals surface area contributed by atoms with Crippen molar-refractivity contribution in [3.8, 4) is 0 Å². The lowest BCUT2D eigenvalue weighted by atomic mass is 10.2. The van der Waals surface area contributed by atoms with E-state index in [0.29, 0.717) is 6.04 Å². The van der Waals surface area contributed by atoms with E-state index in [1.54, 1.807) is 7.11 Å². The lowest BCUT2D eigenvalue weighted by Crippen LogP contribution is -2.57. The van der Waals surface area contributed by atoms with Crippen LogP contribution in [0.25, 0.3) is 0 Å². The Morgan fingerprint density at radius 2 is 2.33 bits per heavy atom. The Bertz CT molecular complexity index is 142. The zero-order chi connectivity index (χ0) is 8.39. The van der Waals surface area contributed by atoms with Gasteiger partial charge in [-0.25, -0.2) is 0 Å². The normalized spacial score (nSPS) is 33.2. The fourth-order valence-electron chi connectivity index (χ4n) is 1.63. The second-order valence-corrected chi connectivity index (χ2v) is 3.38. The maximum absolute atomic E-state index is 5.20. The Kier molecular flexibility index (Phi) is 2.60. The summed E-state index contributed by atoms with van der Waals surface area (Å²) in [5.74, 6) is 0. The van der Waals surface area contributed by atoms with Crippen LogP contribution in [0.4, 0.5) is 0 Å². The Morgan fingerprint density at radius 3 is 2.75 bits per heavy atom. The quantitative estimate of drug-likeness (QED) is 0.615. The van der Waals surface area contributed by atoms with E-state index in [4.69, 9.17) is 9.47 Å². The van der Waals surface area contributed by atoms with E-state index in [0.717, 1.165) is 32.8 Å². The molecule has 70 valence electrons. The lowest BCUT2D eigenvalue weighted by Gasteiger charge is -2.41. The zero-order valence-electron chi connectivity index (χ0n) is 7.45. The van der Waals surface area contributed by atoms with Crippen LogP contribution in [0, 0.1) is 0 Å². The molecule has 0 amide bonds. The summed E-state index contributed by atoms with van der Waals surface area (Å²) in [6, 6.07) is 0.648. The monoisotopic (exact) mass is 172 g/mol. The minimum Gasteiger partial charge on any atom is -0.378 e. The van der Waals surface area contributed by atoms with Crippen LogP contribution in [0.15, 0.2) is 0 Å². The van der Waals surface area contributed by atoms with Gasteiger partial charge in [-0.15, -0.1) is 0 Å². The SMILES string of the molecule is COC1CCN(C2COC2)CN1. The minimum atomic E-state index is 0.252. The molecule has 2 fully saturated rings. The maximum atomic E-state index is 5.20. The van der Waals surface area contributed by atoms with E-state index >= 15 is 0 Å². The van der Waals surface area contributed by atoms with Gasteiger partial charge in [0.15, 0.2) is 0 Å². The summed E-state index contributed by atoms with van der Waals surface area (Å²) in [6.07, 6.45) is 1.33. The van der Waals surface area contributed by atoms with Crippen molar-refractivity contribution in [2.24, 2.45) is 0 Å². The molecule has 1 unspecified atom stereocenters. The van der Waals surface area contributed by atoms with Gasteiger partial charge in [-0.1, -0.05) is 0 Å². The molecule has 0 aromatic heterocycles. The van der Waals surface area contributed by atoms with Crippen molar-refractivity contribution < 1.29 is 9.47 Å². The Hall–Kier alpha value is -0.160. The summed E-state index contributed by atoms with van der Waals surface area (Å²) < 4.78 is 10.3. The molecular formula is C8H16N2O2. The molecule has 0 radical (unpaired) electrons. The number of ether oxygens (including phenoxy) is 2. The van der Waals surface area contributed by atoms with E-state index in [1.165, 1.54) is 0 Å². The van der Waals surface area contributed by atoms with Crippen molar-refractivity contribution in [2.75, 3.05) is 33.5 Å². The summed E-state index contributed by atoms with van der Waals surface area (Å²) in [5, 5.41) is 3.32. The summed E-state index contributed by atoms with van der Waals surface area (Å²) in [5.41, 5.74) is 0. The second kappa shape index (κ2) is 3.70. The van der Waals surface area contributed by atoms with E-state index in [-0.39, 0.29) is 6.23 Å². The van der Waals surface area contributed by atoms with Crippen LogP contribution >= 0.6 is 0 Å². The molecule has 2 rings (SSSR count). The Labute approximate surface area is 72.8 Å². The summed E-state index contributed by atoms with van der Waals surface area (Å²) in [6.45, 7) is 3.87. The van der Waals surface area contributed by atoms with Gasteiger partial charge >= 0.3 is 0 Å². The van der Waals surface area contributed by atoms with Crippen LogP contribution in [-0.4, -0.2) is 50.7 Å². The number of rotatable bonds is 2. The molecule has 0 saturated carbocycles. The zero-order valence-corrected chi connectivity index (χ0v) is 7.45. The molecule has 4 heteroatoms. The molecule has 2 saturated heterocycles. The molecule has 12 heavy (non-hydrogen) atoms. The van der Waals surface area contributed by atoms with Gasteiger partial charge < -0.3 is 9.47 Å². The fraction of sp³-hybridized carbons (Fsp3) is 1.00. The highest BCUT2D eigenvalue weighted by Crippen LogP contribution is 2.13. The third kappa shape index (κ3) is 1.61. The summed E-state index contributed by atoms with van der Waals surface area (Å²) in [7, 11) is 1.75. The van der Waals surface area contributed by atoms with E-state index in [9.17, 15) is 0 Å². The second-order valence-electron chi connectivity index (χ2n) is 3.38. The molecule has 4 nitrogen and oxygen atoms in total. The third-order valence-corrected chi connectivity index (χ3v) is 2.62. The molecule has 1 atom stereocenters. The first-order valence-electron chi connectivity index (χ1n) is 4.48.